The van der Waals surface area contributed by atoms with Crippen LogP contribution in [0.1, 0.15) is 12.8 Å². The molecule has 0 aromatic carbocycles. The Labute approximate surface area is 57.6 Å². The minimum atomic E-state index is -0.444. The molecule has 1 fully saturated rings. The van der Waals surface area contributed by atoms with Gasteiger partial charge in [0.05, 0.1) is 0 Å². The van der Waals surface area contributed by atoms with Gasteiger partial charge in [-0.2, -0.15) is 0 Å². The van der Waals surface area contributed by atoms with Crippen LogP contribution in [0.25, 0.3) is 0 Å². The van der Waals surface area contributed by atoms with Gasteiger partial charge in [0.1, 0.15) is 0 Å². The molecule has 0 unspecified atom stereocenters. The Morgan fingerprint density at radius 3 is 2.29 bits per heavy atom. The molecule has 1 aliphatic rings. The van der Waals surface area contributed by atoms with Crippen molar-refractivity contribution in [3.63, 3.8) is 0 Å². The van der Waals surface area contributed by atoms with E-state index in [1.54, 1.807) is 11.8 Å². The highest BCUT2D eigenvalue weighted by Crippen LogP contribution is 2.44. The molecule has 0 radical (unpaired) electrons. The molecule has 0 aromatic rings. The average Bonchev–Trinajstić information content (AvgIpc) is 1.84. The summed E-state index contributed by atoms with van der Waals surface area (Å²) in [6.07, 6.45) is 2.11. The van der Waals surface area contributed by atoms with Gasteiger partial charge in [-0.25, -0.2) is 0 Å². The van der Waals surface area contributed by atoms with E-state index in [9.17, 15) is 0 Å². The predicted octanol–water partition coefficient (Wildman–Crippen LogP) is 2.64. The molecule has 1 rings (SSSR count). The molecule has 1 saturated heterocycles. The lowest BCUT2D eigenvalue weighted by Gasteiger charge is -2.06. The van der Waals surface area contributed by atoms with Crippen LogP contribution in [0, 0.1) is 0 Å². The van der Waals surface area contributed by atoms with Crippen molar-refractivity contribution in [1.82, 2.24) is 0 Å². The second-order valence-corrected chi connectivity index (χ2v) is 4.92. The summed E-state index contributed by atoms with van der Waals surface area (Å²) in [6, 6.07) is 0. The van der Waals surface area contributed by atoms with Crippen molar-refractivity contribution in [2.24, 2.45) is 0 Å². The van der Waals surface area contributed by atoms with Crippen molar-refractivity contribution < 1.29 is 0 Å². The van der Waals surface area contributed by atoms with E-state index >= 15 is 0 Å². The van der Waals surface area contributed by atoms with E-state index in [1.165, 1.54) is 0 Å². The predicted molar refractivity (Wildman–Crippen MR) is 36.1 cm³/mol. The summed E-state index contributed by atoms with van der Waals surface area (Å²) in [4.78, 5) is 0. The first kappa shape index (κ1) is 6.06. The SMILES string of the molecule is ClC1(Cl)CCCS1. The van der Waals surface area contributed by atoms with Crippen molar-refractivity contribution in [3.8, 4) is 0 Å². The highest BCUT2D eigenvalue weighted by atomic mass is 35.5. The van der Waals surface area contributed by atoms with E-state index in [4.69, 9.17) is 23.2 Å². The summed E-state index contributed by atoms with van der Waals surface area (Å²) in [6.45, 7) is 0. The largest absolute Gasteiger partial charge is 0.163 e. The fourth-order valence-electron chi connectivity index (χ4n) is 0.572. The summed E-state index contributed by atoms with van der Waals surface area (Å²) < 4.78 is -0.444. The highest BCUT2D eigenvalue weighted by molar-refractivity contribution is 8.03. The fourth-order valence-corrected chi connectivity index (χ4v) is 2.18. The Morgan fingerprint density at radius 2 is 2.14 bits per heavy atom. The van der Waals surface area contributed by atoms with Crippen LogP contribution in [0.3, 0.4) is 0 Å². The number of alkyl halides is 2. The van der Waals surface area contributed by atoms with Crippen molar-refractivity contribution in [3.05, 3.63) is 0 Å². The second-order valence-electron chi connectivity index (χ2n) is 1.59. The van der Waals surface area contributed by atoms with Crippen LogP contribution in [0.4, 0.5) is 0 Å². The molecule has 3 heteroatoms. The summed E-state index contributed by atoms with van der Waals surface area (Å²) in [5.74, 6) is 1.12. The topological polar surface area (TPSA) is 0 Å². The van der Waals surface area contributed by atoms with Gasteiger partial charge in [-0.1, -0.05) is 23.2 Å². The summed E-state index contributed by atoms with van der Waals surface area (Å²) in [7, 11) is 0. The summed E-state index contributed by atoms with van der Waals surface area (Å²) >= 11 is 13.0. The van der Waals surface area contributed by atoms with Gasteiger partial charge in [0.2, 0.25) is 0 Å². The van der Waals surface area contributed by atoms with Crippen LogP contribution < -0.4 is 0 Å². The molecular weight excluding hydrogens is 151 g/mol. The van der Waals surface area contributed by atoms with Crippen molar-refractivity contribution >= 4 is 35.0 Å². The molecule has 0 saturated carbocycles. The molecule has 1 heterocycles. The average molecular weight is 157 g/mol. The molecule has 7 heavy (non-hydrogen) atoms. The standard InChI is InChI=1S/C4H6Cl2S/c5-4(6)2-1-3-7-4/h1-3H2. The first-order valence-corrected chi connectivity index (χ1v) is 3.97. The zero-order valence-corrected chi connectivity index (χ0v) is 6.11. The maximum Gasteiger partial charge on any atom is 0.163 e. The van der Waals surface area contributed by atoms with Gasteiger partial charge in [-0.05, 0) is 18.6 Å². The Morgan fingerprint density at radius 1 is 1.43 bits per heavy atom. The molecule has 0 N–H and O–H groups in total. The van der Waals surface area contributed by atoms with Crippen molar-refractivity contribution in [2.75, 3.05) is 5.75 Å². The van der Waals surface area contributed by atoms with Gasteiger partial charge in [0.15, 0.2) is 3.67 Å². The van der Waals surface area contributed by atoms with Crippen LogP contribution in [-0.4, -0.2) is 9.42 Å². The number of hydrogen-bond donors (Lipinski definition) is 0. The van der Waals surface area contributed by atoms with Crippen LogP contribution in [-0.2, 0) is 0 Å². The third-order valence-electron chi connectivity index (χ3n) is 0.925. The van der Waals surface area contributed by atoms with Gasteiger partial charge in [0, 0.05) is 0 Å². The van der Waals surface area contributed by atoms with Gasteiger partial charge in [0.25, 0.3) is 0 Å². The molecular formula is C4H6Cl2S. The smallest absolute Gasteiger partial charge is 0.123 e. The third-order valence-corrected chi connectivity index (χ3v) is 3.08. The van der Waals surface area contributed by atoms with Gasteiger partial charge < -0.3 is 0 Å². The first-order chi connectivity index (χ1) is 3.21. The number of halogens is 2. The Balaban J connectivity index is 2.40. The lowest BCUT2D eigenvalue weighted by atomic mass is 10.4. The molecule has 1 aliphatic heterocycles. The van der Waals surface area contributed by atoms with E-state index in [2.05, 4.69) is 0 Å². The minimum Gasteiger partial charge on any atom is -0.123 e. The summed E-state index contributed by atoms with van der Waals surface area (Å²) in [5, 5.41) is 0. The zero-order chi connectivity index (χ0) is 5.33. The minimum absolute atomic E-state index is 0.444. The fraction of sp³-hybridized carbons (Fsp3) is 1.00. The highest BCUT2D eigenvalue weighted by Gasteiger charge is 2.28. The van der Waals surface area contributed by atoms with Crippen LogP contribution >= 0.6 is 35.0 Å². The maximum absolute atomic E-state index is 5.70. The normalized spacial score (nSPS) is 28.3. The van der Waals surface area contributed by atoms with Crippen molar-refractivity contribution in [2.45, 2.75) is 16.5 Å². The lowest BCUT2D eigenvalue weighted by Crippen LogP contribution is -1.96. The van der Waals surface area contributed by atoms with Crippen LogP contribution in [0.2, 0.25) is 0 Å². The van der Waals surface area contributed by atoms with Gasteiger partial charge in [-0.15, -0.1) is 11.8 Å². The summed E-state index contributed by atoms with van der Waals surface area (Å²) in [5.41, 5.74) is 0. The van der Waals surface area contributed by atoms with Crippen molar-refractivity contribution in [1.29, 1.82) is 0 Å². The molecule has 42 valence electrons. The lowest BCUT2D eigenvalue weighted by molar-refractivity contribution is 0.883. The quantitative estimate of drug-likeness (QED) is 0.487. The van der Waals surface area contributed by atoms with Crippen LogP contribution in [0.15, 0.2) is 0 Å². The zero-order valence-electron chi connectivity index (χ0n) is 3.79. The molecule has 0 nitrogen and oxygen atoms in total. The van der Waals surface area contributed by atoms with Crippen LogP contribution in [0.5, 0.6) is 0 Å². The third kappa shape index (κ3) is 1.71. The van der Waals surface area contributed by atoms with E-state index in [0.717, 1.165) is 18.6 Å². The van der Waals surface area contributed by atoms with E-state index in [0.29, 0.717) is 0 Å². The maximum atomic E-state index is 5.70. The van der Waals surface area contributed by atoms with Gasteiger partial charge in [-0.3, -0.25) is 0 Å². The molecule has 0 atom stereocenters. The Hall–Kier alpha value is 0.930. The van der Waals surface area contributed by atoms with E-state index in [1.807, 2.05) is 0 Å². The van der Waals surface area contributed by atoms with E-state index in [-0.39, 0.29) is 0 Å². The molecule has 0 bridgehead atoms. The first-order valence-electron chi connectivity index (χ1n) is 2.22. The van der Waals surface area contributed by atoms with E-state index < -0.39 is 3.67 Å². The molecule has 0 aromatic heterocycles. The number of hydrogen-bond acceptors (Lipinski definition) is 1. The number of rotatable bonds is 0. The monoisotopic (exact) mass is 156 g/mol. The van der Waals surface area contributed by atoms with Gasteiger partial charge >= 0.3 is 0 Å². The second kappa shape index (κ2) is 2.04. The Bertz CT molecular complexity index is 64.1. The molecule has 0 amide bonds. The number of thioether (sulfide) groups is 1. The molecule has 0 aliphatic carbocycles. The Kier molecular flexibility index (Phi) is 1.76. The molecule has 0 spiro atoms.